The van der Waals surface area contributed by atoms with Gasteiger partial charge in [0.05, 0.1) is 54.0 Å². The van der Waals surface area contributed by atoms with Crippen molar-refractivity contribution in [1.29, 1.82) is 0 Å². The van der Waals surface area contributed by atoms with E-state index in [0.717, 1.165) is 6.54 Å². The second-order valence-corrected chi connectivity index (χ2v) is 13.0. The first-order valence-electron chi connectivity index (χ1n) is 14.1. The number of methoxy groups -OCH3 is 1. The number of piperidine rings is 1. The van der Waals surface area contributed by atoms with Crippen LogP contribution in [0.4, 0.5) is 29.1 Å². The number of aliphatic hydroxyl groups is 1. The Kier molecular flexibility index (Phi) is 7.62. The van der Waals surface area contributed by atoms with Crippen molar-refractivity contribution < 1.29 is 32.2 Å². The Morgan fingerprint density at radius 2 is 2.02 bits per heavy atom. The van der Waals surface area contributed by atoms with E-state index in [1.165, 1.54) is 22.6 Å². The van der Waals surface area contributed by atoms with Crippen LogP contribution in [0.2, 0.25) is 0 Å². The van der Waals surface area contributed by atoms with Crippen molar-refractivity contribution in [1.82, 2.24) is 19.4 Å². The van der Waals surface area contributed by atoms with Gasteiger partial charge in [-0.25, -0.2) is 8.91 Å². The monoisotopic (exact) mass is 632 g/mol. The lowest BCUT2D eigenvalue weighted by Gasteiger charge is -2.44. The van der Waals surface area contributed by atoms with Gasteiger partial charge in [-0.2, -0.15) is 18.3 Å². The first-order chi connectivity index (χ1) is 20.8. The van der Waals surface area contributed by atoms with Crippen molar-refractivity contribution in [3.63, 3.8) is 0 Å². The smallest absolute Gasteiger partial charge is 0.446 e. The van der Waals surface area contributed by atoms with Crippen LogP contribution in [0.3, 0.4) is 0 Å². The molecule has 0 radical (unpaired) electrons. The molecule has 1 saturated carbocycles. The van der Waals surface area contributed by atoms with Gasteiger partial charge in [-0.1, -0.05) is 12.0 Å². The number of likely N-dealkylation sites (tertiary alicyclic amines) is 2. The SMILES string of the molecule is COc1cc(C(=O)N2CC(C)(O)C2)ccc1NCC#Cc1nn2c(N[C@]34CC3CN(C)C[C@@H]4F)cccc2c1SC(F)(F)F. The standard InChI is InChI=1S/C30H32F4N6O3S/c1-28(42)16-39(17-28)27(41)18-9-10-20(23(12-18)43-3)35-11-5-6-21-26(44-30(32,33)34)22-7-4-8-25(40(22)37-21)36-29-13-19(29)14-38(2)15-24(29)31/h4,7-10,12,19,24,35-36,42H,11,13-17H2,1-3H3/t19?,24-,29+/m0/s1. The Bertz CT molecular complexity index is 1660. The van der Waals surface area contributed by atoms with Crippen LogP contribution < -0.4 is 15.4 Å². The van der Waals surface area contributed by atoms with E-state index in [-0.39, 0.29) is 65.9 Å². The van der Waals surface area contributed by atoms with Crippen LogP contribution >= 0.6 is 11.8 Å². The molecular weight excluding hydrogens is 600 g/mol. The summed E-state index contributed by atoms with van der Waals surface area (Å²) in [6, 6.07) is 9.70. The number of nitrogens with zero attached hydrogens (tertiary/aromatic N) is 4. The molecule has 3 aromatic rings. The molecule has 44 heavy (non-hydrogen) atoms. The normalized spacial score (nSPS) is 24.1. The zero-order chi connectivity index (χ0) is 31.4. The van der Waals surface area contributed by atoms with Gasteiger partial charge in [0.2, 0.25) is 0 Å². The molecular formula is C30H32F4N6O3S. The summed E-state index contributed by atoms with van der Waals surface area (Å²) in [5.74, 6) is 6.28. The molecule has 3 aliphatic rings. The molecule has 1 unspecified atom stereocenters. The Balaban J connectivity index is 1.21. The van der Waals surface area contributed by atoms with Crippen LogP contribution in [-0.4, -0.2) is 100 Å². The van der Waals surface area contributed by atoms with E-state index >= 15 is 4.39 Å². The van der Waals surface area contributed by atoms with Gasteiger partial charge < -0.3 is 30.3 Å². The summed E-state index contributed by atoms with van der Waals surface area (Å²) in [7, 11) is 3.33. The van der Waals surface area contributed by atoms with Crippen molar-refractivity contribution in [2.45, 2.75) is 41.1 Å². The number of β-amino-alcohol motifs (C(OH)–C–C–N with tert-alkyl or cyclic N) is 1. The van der Waals surface area contributed by atoms with Crippen LogP contribution in [0, 0.1) is 17.8 Å². The fraction of sp³-hybridized carbons (Fsp3) is 0.467. The number of halogens is 4. The number of thioether (sulfide) groups is 1. The largest absolute Gasteiger partial charge is 0.495 e. The molecule has 234 valence electrons. The third kappa shape index (κ3) is 5.88. The van der Waals surface area contributed by atoms with E-state index in [2.05, 4.69) is 27.6 Å². The summed E-state index contributed by atoms with van der Waals surface area (Å²) >= 11 is -0.284. The Hall–Kier alpha value is -3.67. The number of amides is 1. The number of pyridine rings is 1. The number of aromatic nitrogens is 2. The van der Waals surface area contributed by atoms with Gasteiger partial charge in [-0.15, -0.1) is 0 Å². The topological polar surface area (TPSA) is 94.4 Å². The lowest BCUT2D eigenvalue weighted by Crippen LogP contribution is -2.61. The number of nitrogens with one attached hydrogen (secondary N) is 2. The minimum Gasteiger partial charge on any atom is -0.495 e. The third-order valence-electron chi connectivity index (χ3n) is 8.28. The lowest BCUT2D eigenvalue weighted by molar-refractivity contribution is -0.0668. The molecule has 1 aromatic carbocycles. The highest BCUT2D eigenvalue weighted by atomic mass is 32.2. The summed E-state index contributed by atoms with van der Waals surface area (Å²) in [5, 5.41) is 20.7. The molecule has 14 heteroatoms. The molecule has 4 heterocycles. The minimum absolute atomic E-state index is 0.0493. The Morgan fingerprint density at radius 3 is 2.70 bits per heavy atom. The van der Waals surface area contributed by atoms with Crippen LogP contribution in [0.5, 0.6) is 5.75 Å². The maximum atomic E-state index is 15.1. The number of hydrogen-bond donors (Lipinski definition) is 3. The molecule has 9 nitrogen and oxygen atoms in total. The average molecular weight is 633 g/mol. The van der Waals surface area contributed by atoms with E-state index in [1.807, 2.05) is 11.9 Å². The first-order valence-corrected chi connectivity index (χ1v) is 14.9. The second kappa shape index (κ2) is 11.0. The number of alkyl halides is 4. The quantitative estimate of drug-likeness (QED) is 0.204. The van der Waals surface area contributed by atoms with Gasteiger partial charge in [-0.3, -0.25) is 4.79 Å². The molecule has 6 rings (SSSR count). The van der Waals surface area contributed by atoms with Crippen LogP contribution in [-0.2, 0) is 0 Å². The molecule has 3 fully saturated rings. The molecule has 2 saturated heterocycles. The minimum atomic E-state index is -4.57. The molecule has 2 aromatic heterocycles. The number of carbonyl (C=O) groups is 1. The van der Waals surface area contributed by atoms with Gasteiger partial charge in [-0.05, 0) is 74.3 Å². The number of rotatable bonds is 7. The zero-order valence-corrected chi connectivity index (χ0v) is 25.2. The molecule has 0 bridgehead atoms. The summed E-state index contributed by atoms with van der Waals surface area (Å²) in [6.07, 6.45) is -0.486. The van der Waals surface area contributed by atoms with Crippen molar-refractivity contribution in [3.05, 3.63) is 47.7 Å². The number of carbonyl (C=O) groups excluding carboxylic acids is 1. The molecule has 3 atom stereocenters. The van der Waals surface area contributed by atoms with Crippen LogP contribution in [0.1, 0.15) is 29.4 Å². The van der Waals surface area contributed by atoms with E-state index in [9.17, 15) is 23.1 Å². The summed E-state index contributed by atoms with van der Waals surface area (Å²) in [5.41, 5.74) is -5.11. The van der Waals surface area contributed by atoms with Crippen molar-refractivity contribution in [2.75, 3.05) is 57.5 Å². The summed E-state index contributed by atoms with van der Waals surface area (Å²) in [4.78, 5) is 16.0. The van der Waals surface area contributed by atoms with E-state index in [1.54, 1.807) is 37.3 Å². The third-order valence-corrected chi connectivity index (χ3v) is 9.12. The second-order valence-electron chi connectivity index (χ2n) is 11.9. The fourth-order valence-electron chi connectivity index (χ4n) is 6.10. The van der Waals surface area contributed by atoms with Gasteiger partial charge in [0, 0.05) is 18.7 Å². The van der Waals surface area contributed by atoms with Gasteiger partial charge >= 0.3 is 5.51 Å². The van der Waals surface area contributed by atoms with Crippen molar-refractivity contribution in [2.24, 2.45) is 5.92 Å². The summed E-state index contributed by atoms with van der Waals surface area (Å²) < 4.78 is 62.7. The fourth-order valence-corrected chi connectivity index (χ4v) is 6.78. The van der Waals surface area contributed by atoms with Gasteiger partial charge in [0.15, 0.2) is 0 Å². The first kappa shape index (κ1) is 30.4. The molecule has 3 N–H and O–H groups in total. The number of hydrogen-bond acceptors (Lipinski definition) is 8. The number of anilines is 2. The molecule has 1 amide bonds. The van der Waals surface area contributed by atoms with Crippen LogP contribution in [0.15, 0.2) is 41.3 Å². The Morgan fingerprint density at radius 1 is 1.25 bits per heavy atom. The van der Waals surface area contributed by atoms with Gasteiger partial charge in [0.25, 0.3) is 5.91 Å². The van der Waals surface area contributed by atoms with Crippen LogP contribution in [0.25, 0.3) is 5.52 Å². The highest BCUT2D eigenvalue weighted by Crippen LogP contribution is 2.53. The summed E-state index contributed by atoms with van der Waals surface area (Å²) in [6.45, 7) is 3.23. The predicted octanol–water partition coefficient (Wildman–Crippen LogP) is 4.08. The average Bonchev–Trinajstić information content (AvgIpc) is 3.54. The number of ether oxygens (including phenoxy) is 1. The number of benzene rings is 1. The Labute approximate surface area is 255 Å². The van der Waals surface area contributed by atoms with E-state index in [4.69, 9.17) is 4.74 Å². The highest BCUT2D eigenvalue weighted by Gasteiger charge is 2.63. The van der Waals surface area contributed by atoms with Crippen molar-refractivity contribution in [3.8, 4) is 17.6 Å². The molecule has 1 aliphatic carbocycles. The number of fused-ring (bicyclic) bond motifs is 2. The maximum absolute atomic E-state index is 15.1. The van der Waals surface area contributed by atoms with E-state index in [0.29, 0.717) is 29.2 Å². The van der Waals surface area contributed by atoms with E-state index < -0.39 is 22.8 Å². The van der Waals surface area contributed by atoms with Gasteiger partial charge in [0.1, 0.15) is 23.4 Å². The molecule has 0 spiro atoms. The van der Waals surface area contributed by atoms with Crippen molar-refractivity contribution >= 4 is 34.7 Å². The predicted molar refractivity (Wildman–Crippen MR) is 159 cm³/mol. The maximum Gasteiger partial charge on any atom is 0.446 e. The lowest BCUT2D eigenvalue weighted by atomic mass is 9.96. The zero-order valence-electron chi connectivity index (χ0n) is 24.3. The molecule has 2 aliphatic heterocycles. The highest BCUT2D eigenvalue weighted by molar-refractivity contribution is 8.00.